The van der Waals surface area contributed by atoms with Crippen molar-refractivity contribution in [3.8, 4) is 0 Å². The van der Waals surface area contributed by atoms with Crippen LogP contribution in [-0.4, -0.2) is 14.2 Å². The Hall–Kier alpha value is -1.44. The SMILES string of the molecule is CCc1c(NS(=O)(=O)c2cc(Cl)cc3c2CCC3=O)ccc(F)c1Br. The van der Waals surface area contributed by atoms with Gasteiger partial charge in [0.25, 0.3) is 10.0 Å². The van der Waals surface area contributed by atoms with E-state index in [2.05, 4.69) is 20.7 Å². The van der Waals surface area contributed by atoms with Crippen molar-refractivity contribution in [2.75, 3.05) is 4.72 Å². The fraction of sp³-hybridized carbons (Fsp3) is 0.235. The van der Waals surface area contributed by atoms with E-state index in [0.29, 0.717) is 29.5 Å². The lowest BCUT2D eigenvalue weighted by molar-refractivity contribution is 0.0994. The molecular weight excluding hydrogens is 433 g/mol. The van der Waals surface area contributed by atoms with E-state index in [1.54, 1.807) is 6.92 Å². The van der Waals surface area contributed by atoms with Gasteiger partial charge in [-0.2, -0.15) is 0 Å². The first-order valence-corrected chi connectivity index (χ1v) is 10.2. The Morgan fingerprint density at radius 3 is 2.68 bits per heavy atom. The minimum absolute atomic E-state index is 0.0108. The van der Waals surface area contributed by atoms with Crippen molar-refractivity contribution in [2.45, 2.75) is 31.1 Å². The first-order chi connectivity index (χ1) is 11.7. The van der Waals surface area contributed by atoms with Crippen LogP contribution >= 0.6 is 27.5 Å². The molecule has 0 saturated heterocycles. The molecule has 0 amide bonds. The van der Waals surface area contributed by atoms with Gasteiger partial charge in [0.15, 0.2) is 5.78 Å². The highest BCUT2D eigenvalue weighted by Crippen LogP contribution is 2.34. The van der Waals surface area contributed by atoms with Gasteiger partial charge in [0.2, 0.25) is 0 Å². The lowest BCUT2D eigenvalue weighted by Gasteiger charge is -2.15. The fourth-order valence-corrected chi connectivity index (χ4v) is 5.28. The van der Waals surface area contributed by atoms with Gasteiger partial charge in [-0.1, -0.05) is 18.5 Å². The molecule has 0 unspecified atom stereocenters. The summed E-state index contributed by atoms with van der Waals surface area (Å²) < 4.78 is 42.2. The minimum Gasteiger partial charge on any atom is -0.294 e. The third-order valence-electron chi connectivity index (χ3n) is 4.16. The smallest absolute Gasteiger partial charge is 0.262 e. The minimum atomic E-state index is -3.98. The van der Waals surface area contributed by atoms with Crippen molar-refractivity contribution < 1.29 is 17.6 Å². The number of halogens is 3. The molecule has 1 N–H and O–H groups in total. The van der Waals surface area contributed by atoms with Crippen LogP contribution in [0.25, 0.3) is 0 Å². The summed E-state index contributed by atoms with van der Waals surface area (Å²) in [6.45, 7) is 1.80. The van der Waals surface area contributed by atoms with Crippen LogP contribution in [0.5, 0.6) is 0 Å². The average molecular weight is 447 g/mol. The number of hydrogen-bond donors (Lipinski definition) is 1. The molecule has 0 aliphatic heterocycles. The van der Waals surface area contributed by atoms with Crippen molar-refractivity contribution >= 4 is 49.0 Å². The van der Waals surface area contributed by atoms with E-state index in [4.69, 9.17) is 11.6 Å². The number of sulfonamides is 1. The van der Waals surface area contributed by atoms with Gasteiger partial charge in [-0.25, -0.2) is 12.8 Å². The summed E-state index contributed by atoms with van der Waals surface area (Å²) in [5, 5.41) is 0.186. The van der Waals surface area contributed by atoms with Gasteiger partial charge >= 0.3 is 0 Å². The summed E-state index contributed by atoms with van der Waals surface area (Å²) in [4.78, 5) is 11.9. The number of carbonyl (C=O) groups excluding carboxylic acids is 1. The van der Waals surface area contributed by atoms with Crippen molar-refractivity contribution in [2.24, 2.45) is 0 Å². The number of nitrogens with one attached hydrogen (secondary N) is 1. The predicted octanol–water partition coefficient (Wildman–Crippen LogP) is 4.73. The number of hydrogen-bond acceptors (Lipinski definition) is 3. The average Bonchev–Trinajstić information content (AvgIpc) is 2.91. The monoisotopic (exact) mass is 445 g/mol. The van der Waals surface area contributed by atoms with Crippen LogP contribution in [0.15, 0.2) is 33.6 Å². The number of Topliss-reactive ketones (excluding diaryl/α,β-unsaturated/α-hetero) is 1. The molecule has 132 valence electrons. The van der Waals surface area contributed by atoms with Gasteiger partial charge in [0.05, 0.1) is 15.1 Å². The number of ketones is 1. The number of fused-ring (bicyclic) bond motifs is 1. The molecule has 0 spiro atoms. The van der Waals surface area contributed by atoms with E-state index >= 15 is 0 Å². The van der Waals surface area contributed by atoms with Gasteiger partial charge in [-0.05, 0) is 64.2 Å². The molecule has 0 radical (unpaired) electrons. The number of benzene rings is 2. The topological polar surface area (TPSA) is 63.2 Å². The van der Waals surface area contributed by atoms with Gasteiger partial charge in [0.1, 0.15) is 5.82 Å². The highest BCUT2D eigenvalue weighted by Gasteiger charge is 2.29. The summed E-state index contributed by atoms with van der Waals surface area (Å²) in [7, 11) is -3.98. The number of rotatable bonds is 4. The number of carbonyl (C=O) groups is 1. The van der Waals surface area contributed by atoms with E-state index in [-0.39, 0.29) is 32.3 Å². The van der Waals surface area contributed by atoms with E-state index in [1.807, 2.05) is 0 Å². The van der Waals surface area contributed by atoms with Gasteiger partial charge in [0, 0.05) is 17.0 Å². The van der Waals surface area contributed by atoms with E-state index < -0.39 is 15.8 Å². The Kier molecular flexibility index (Phi) is 4.92. The second kappa shape index (κ2) is 6.70. The Morgan fingerprint density at radius 2 is 2.00 bits per heavy atom. The molecule has 0 bridgehead atoms. The Bertz CT molecular complexity index is 992. The molecule has 0 fully saturated rings. The molecule has 0 saturated carbocycles. The van der Waals surface area contributed by atoms with Crippen molar-refractivity contribution in [3.05, 3.63) is 56.3 Å². The lowest BCUT2D eigenvalue weighted by atomic mass is 10.1. The molecule has 25 heavy (non-hydrogen) atoms. The molecule has 4 nitrogen and oxygen atoms in total. The highest BCUT2D eigenvalue weighted by molar-refractivity contribution is 9.10. The van der Waals surface area contributed by atoms with Crippen LogP contribution in [0.3, 0.4) is 0 Å². The summed E-state index contributed by atoms with van der Waals surface area (Å²) in [6, 6.07) is 5.40. The second-order valence-electron chi connectivity index (χ2n) is 5.70. The molecule has 0 aromatic heterocycles. The number of anilines is 1. The zero-order valence-corrected chi connectivity index (χ0v) is 16.4. The Labute approximate surface area is 158 Å². The molecule has 1 aliphatic rings. The normalized spacial score (nSPS) is 13.8. The molecule has 0 heterocycles. The zero-order valence-electron chi connectivity index (χ0n) is 13.2. The van der Waals surface area contributed by atoms with Crippen LogP contribution in [-0.2, 0) is 22.9 Å². The molecule has 3 rings (SSSR count). The van der Waals surface area contributed by atoms with Gasteiger partial charge < -0.3 is 0 Å². The van der Waals surface area contributed by atoms with Crippen LogP contribution in [0.1, 0.15) is 34.8 Å². The fourth-order valence-electron chi connectivity index (χ4n) is 2.97. The Morgan fingerprint density at radius 1 is 1.28 bits per heavy atom. The van der Waals surface area contributed by atoms with Crippen LogP contribution in [0.4, 0.5) is 10.1 Å². The molecule has 2 aromatic rings. The molecule has 2 aromatic carbocycles. The molecule has 0 atom stereocenters. The maximum absolute atomic E-state index is 13.7. The maximum Gasteiger partial charge on any atom is 0.262 e. The third-order valence-corrected chi connectivity index (χ3v) is 6.67. The summed E-state index contributed by atoms with van der Waals surface area (Å²) in [5.41, 5.74) is 1.62. The summed E-state index contributed by atoms with van der Waals surface area (Å²) >= 11 is 9.15. The van der Waals surface area contributed by atoms with E-state index in [9.17, 15) is 17.6 Å². The molecule has 1 aliphatic carbocycles. The largest absolute Gasteiger partial charge is 0.294 e. The Balaban J connectivity index is 2.10. The van der Waals surface area contributed by atoms with Crippen molar-refractivity contribution in [1.82, 2.24) is 0 Å². The maximum atomic E-state index is 13.7. The first kappa shape index (κ1) is 18.4. The molecule has 8 heteroatoms. The van der Waals surface area contributed by atoms with Crippen LogP contribution in [0, 0.1) is 5.82 Å². The highest BCUT2D eigenvalue weighted by atomic mass is 79.9. The zero-order chi connectivity index (χ0) is 18.4. The first-order valence-electron chi connectivity index (χ1n) is 7.60. The summed E-state index contributed by atoms with van der Waals surface area (Å²) in [6.07, 6.45) is 1.05. The van der Waals surface area contributed by atoms with Crippen LogP contribution in [0.2, 0.25) is 5.02 Å². The van der Waals surface area contributed by atoms with Crippen molar-refractivity contribution in [3.63, 3.8) is 0 Å². The van der Waals surface area contributed by atoms with Crippen LogP contribution < -0.4 is 4.72 Å². The lowest BCUT2D eigenvalue weighted by Crippen LogP contribution is -2.16. The van der Waals surface area contributed by atoms with Crippen molar-refractivity contribution in [1.29, 1.82) is 0 Å². The summed E-state index contributed by atoms with van der Waals surface area (Å²) in [5.74, 6) is -0.582. The second-order valence-corrected chi connectivity index (χ2v) is 8.58. The van der Waals surface area contributed by atoms with Gasteiger partial charge in [-0.15, -0.1) is 0 Å². The quantitative estimate of drug-likeness (QED) is 0.738. The predicted molar refractivity (Wildman–Crippen MR) is 98.4 cm³/mol. The third kappa shape index (κ3) is 3.32. The van der Waals surface area contributed by atoms with Gasteiger partial charge in [-0.3, -0.25) is 9.52 Å². The van der Waals surface area contributed by atoms with E-state index in [0.717, 1.165) is 0 Å². The standard InChI is InChI=1S/C17H14BrClFNO3S/c1-2-10-14(5-4-13(20)17(10)18)21-25(23,24)16-8-9(19)7-12-11(16)3-6-15(12)22/h4-5,7-8,21H,2-3,6H2,1H3. The van der Waals surface area contributed by atoms with E-state index in [1.165, 1.54) is 24.3 Å². The molecular formula is C17H14BrClFNO3S.